The van der Waals surface area contributed by atoms with Gasteiger partial charge in [-0.2, -0.15) is 4.98 Å². The van der Waals surface area contributed by atoms with Crippen LogP contribution in [0.5, 0.6) is 0 Å². The molecule has 372 valence electrons. The van der Waals surface area contributed by atoms with E-state index in [0.717, 1.165) is 75.3 Å². The van der Waals surface area contributed by atoms with E-state index in [4.69, 9.17) is 14.2 Å². The third kappa shape index (κ3) is 21.7. The van der Waals surface area contributed by atoms with E-state index in [0.29, 0.717) is 30.3 Å². The molecule has 0 radical (unpaired) electrons. The number of rotatable bonds is 38. The molecule has 2 aliphatic rings. The number of benzene rings is 1. The third-order valence-corrected chi connectivity index (χ3v) is 12.8. The molecule has 1 aromatic carbocycles. The van der Waals surface area contributed by atoms with E-state index in [1.165, 1.54) is 94.5 Å². The Morgan fingerprint density at radius 1 is 0.591 bits per heavy atom. The monoisotopic (exact) mass is 923 g/mol. The van der Waals surface area contributed by atoms with Crippen LogP contribution in [0.2, 0.25) is 0 Å². The smallest absolute Gasteiger partial charge is 0.349 e. The van der Waals surface area contributed by atoms with Crippen molar-refractivity contribution in [3.8, 4) is 11.5 Å². The van der Waals surface area contributed by atoms with Crippen LogP contribution in [0, 0.1) is 13.8 Å². The van der Waals surface area contributed by atoms with Gasteiger partial charge in [-0.1, -0.05) is 175 Å². The summed E-state index contributed by atoms with van der Waals surface area (Å²) < 4.78 is 19.4. The number of aliphatic hydroxyl groups is 1. The minimum Gasteiger partial charge on any atom is -0.462 e. The third-order valence-electron chi connectivity index (χ3n) is 12.8. The van der Waals surface area contributed by atoms with Crippen molar-refractivity contribution in [2.45, 2.75) is 252 Å². The number of aromatic nitrogens is 4. The Bertz CT molecular complexity index is 1930. The van der Waals surface area contributed by atoms with Crippen LogP contribution < -0.4 is 11.2 Å². The second-order valence-electron chi connectivity index (χ2n) is 18.7. The molecule has 2 N–H and O–H groups in total. The lowest BCUT2D eigenvalue weighted by atomic mass is 10.0. The standard InChI is InChI=1S/C53H86N4O9/c1-6-9-12-15-18-21-24-27-30-33-46(59)64-39-45(65-47(60)34-31-28-25-22-19-16-13-10-7-2)50(66-48(61)35-32-29-26-23-20-17-14-11-8-3)44(58)38-57-43-37-41(5)40(4)36-42(43)54-49-51(57)55-53(63)56-52(49)62/h36-37,44-45,50,58H,6-35,38-39H2,1-5H3,(H,56,62,63)/t44-,45+,50-/m1/s1. The van der Waals surface area contributed by atoms with Gasteiger partial charge in [0.15, 0.2) is 23.7 Å². The number of ether oxygens (including phenoxy) is 3. The molecular formula is C53H86N4O9. The van der Waals surface area contributed by atoms with Gasteiger partial charge in [0, 0.05) is 19.3 Å². The van der Waals surface area contributed by atoms with Gasteiger partial charge < -0.3 is 23.9 Å². The summed E-state index contributed by atoms with van der Waals surface area (Å²) in [5.41, 5.74) is 0.991. The summed E-state index contributed by atoms with van der Waals surface area (Å²) in [5, 5.41) is 12.3. The summed E-state index contributed by atoms with van der Waals surface area (Å²) in [6.45, 7) is 9.67. The average molecular weight is 923 g/mol. The van der Waals surface area contributed by atoms with Crippen LogP contribution in [0.15, 0.2) is 21.7 Å². The van der Waals surface area contributed by atoms with Crippen molar-refractivity contribution in [2.24, 2.45) is 0 Å². The van der Waals surface area contributed by atoms with E-state index in [1.807, 2.05) is 26.0 Å². The second kappa shape index (κ2) is 33.4. The highest BCUT2D eigenvalue weighted by Gasteiger charge is 2.37. The molecule has 0 saturated heterocycles. The fourth-order valence-corrected chi connectivity index (χ4v) is 8.55. The average Bonchev–Trinajstić information content (AvgIpc) is 3.28. The number of aliphatic hydroxyl groups excluding tert-OH is 1. The summed E-state index contributed by atoms with van der Waals surface area (Å²) in [6.07, 6.45) is 25.0. The van der Waals surface area contributed by atoms with Crippen molar-refractivity contribution >= 4 is 28.9 Å². The molecule has 0 aromatic heterocycles. The van der Waals surface area contributed by atoms with Gasteiger partial charge in [-0.25, -0.2) is 9.78 Å². The molecular weight excluding hydrogens is 837 g/mol. The van der Waals surface area contributed by atoms with E-state index in [1.54, 1.807) is 0 Å². The molecule has 66 heavy (non-hydrogen) atoms. The largest absolute Gasteiger partial charge is 0.462 e. The normalized spacial score (nSPS) is 12.9. The molecule has 3 rings (SSSR count). The van der Waals surface area contributed by atoms with E-state index < -0.39 is 54.1 Å². The Hall–Kier alpha value is -4.13. The molecule has 2 heterocycles. The highest BCUT2D eigenvalue weighted by molar-refractivity contribution is 5.81. The van der Waals surface area contributed by atoms with E-state index in [9.17, 15) is 29.1 Å². The summed E-state index contributed by atoms with van der Waals surface area (Å²) in [5.74, 6) is -1.66. The number of aromatic amines is 1. The zero-order valence-electron chi connectivity index (χ0n) is 41.6. The second-order valence-corrected chi connectivity index (χ2v) is 18.7. The number of carbonyl (C=O) groups excluding carboxylic acids is 3. The summed E-state index contributed by atoms with van der Waals surface area (Å²) in [7, 11) is 0. The molecule has 2 aliphatic heterocycles. The molecule has 1 aromatic rings. The van der Waals surface area contributed by atoms with Crippen LogP contribution in [-0.4, -0.2) is 67.5 Å². The molecule has 0 spiro atoms. The molecule has 0 unspecified atom stereocenters. The lowest BCUT2D eigenvalue weighted by Crippen LogP contribution is -2.48. The first kappa shape index (κ1) is 56.2. The van der Waals surface area contributed by atoms with Gasteiger partial charge in [-0.3, -0.25) is 24.2 Å². The zero-order valence-corrected chi connectivity index (χ0v) is 41.6. The number of carbonyl (C=O) groups is 3. The molecule has 13 heteroatoms. The molecule has 3 atom stereocenters. The Kier molecular flexibility index (Phi) is 28.4. The van der Waals surface area contributed by atoms with E-state index in [-0.39, 0.29) is 37.3 Å². The van der Waals surface area contributed by atoms with Crippen LogP contribution in [0.4, 0.5) is 0 Å². The number of nitrogens with zero attached hydrogens (tertiary/aromatic N) is 3. The highest BCUT2D eigenvalue weighted by Crippen LogP contribution is 2.26. The number of fused-ring (bicyclic) bond motifs is 2. The van der Waals surface area contributed by atoms with Gasteiger partial charge in [0.05, 0.1) is 17.6 Å². The van der Waals surface area contributed by atoms with Crippen molar-refractivity contribution in [3.63, 3.8) is 0 Å². The van der Waals surface area contributed by atoms with Crippen molar-refractivity contribution < 1.29 is 33.7 Å². The zero-order chi connectivity index (χ0) is 47.9. The molecule has 0 fully saturated rings. The Labute approximate surface area is 395 Å². The van der Waals surface area contributed by atoms with Crippen LogP contribution in [0.1, 0.15) is 225 Å². The van der Waals surface area contributed by atoms with Crippen LogP contribution in [-0.2, 0) is 35.1 Å². The topological polar surface area (TPSA) is 180 Å². The molecule has 13 nitrogen and oxygen atoms in total. The molecule has 0 bridgehead atoms. The lowest BCUT2D eigenvalue weighted by molar-refractivity contribution is -0.186. The van der Waals surface area contributed by atoms with Gasteiger partial charge in [0.2, 0.25) is 0 Å². The van der Waals surface area contributed by atoms with Crippen molar-refractivity contribution in [1.82, 2.24) is 19.5 Å². The maximum atomic E-state index is 13.7. The maximum Gasteiger partial charge on any atom is 0.349 e. The lowest BCUT2D eigenvalue weighted by Gasteiger charge is -2.31. The first-order valence-corrected chi connectivity index (χ1v) is 26.1. The first-order chi connectivity index (χ1) is 32.0. The Morgan fingerprint density at radius 2 is 1.02 bits per heavy atom. The Morgan fingerprint density at radius 3 is 1.50 bits per heavy atom. The summed E-state index contributed by atoms with van der Waals surface area (Å²) in [4.78, 5) is 77.0. The minimum atomic E-state index is -1.57. The molecule has 0 amide bonds. The number of unbranched alkanes of at least 4 members (excludes halogenated alkanes) is 24. The highest BCUT2D eigenvalue weighted by atomic mass is 16.6. The van der Waals surface area contributed by atoms with Crippen molar-refractivity contribution in [3.05, 3.63) is 44.1 Å². The summed E-state index contributed by atoms with van der Waals surface area (Å²) in [6, 6.07) is 3.64. The van der Waals surface area contributed by atoms with Gasteiger partial charge >= 0.3 is 23.6 Å². The molecule has 0 aliphatic carbocycles. The van der Waals surface area contributed by atoms with Crippen LogP contribution in [0.3, 0.4) is 0 Å². The van der Waals surface area contributed by atoms with E-state index in [2.05, 4.69) is 35.7 Å². The predicted octanol–water partition coefficient (Wildman–Crippen LogP) is 11.7. The van der Waals surface area contributed by atoms with Gasteiger partial charge in [0.1, 0.15) is 12.7 Å². The number of H-pyrrole nitrogens is 1. The van der Waals surface area contributed by atoms with Crippen LogP contribution in [0.25, 0.3) is 22.6 Å². The Balaban J connectivity index is 1.86. The number of nitrogens with one attached hydrogen (secondary N) is 1. The van der Waals surface area contributed by atoms with Gasteiger partial charge in [-0.05, 0) is 56.4 Å². The SMILES string of the molecule is CCCCCCCCCCCC(=O)OC[C@H](OC(=O)CCCCCCCCCCC)[C@H](OC(=O)CCCCCCCCCCC)[C@H](O)Cn1c2nc(=O)[nH]c(=O)c-2nc2cc(C)c(C)cc21. The number of hydrogen-bond donors (Lipinski definition) is 2. The number of aryl methyl sites for hydroxylation is 2. The summed E-state index contributed by atoms with van der Waals surface area (Å²) >= 11 is 0. The molecule has 0 saturated carbocycles. The maximum absolute atomic E-state index is 13.7. The van der Waals surface area contributed by atoms with Crippen LogP contribution >= 0.6 is 0 Å². The fraction of sp³-hybridized carbons (Fsp3) is 0.755. The predicted molar refractivity (Wildman–Crippen MR) is 263 cm³/mol. The van der Waals surface area contributed by atoms with Gasteiger partial charge in [-0.15, -0.1) is 0 Å². The first-order valence-electron chi connectivity index (χ1n) is 26.1. The number of esters is 3. The number of hydrogen-bond acceptors (Lipinski definition) is 11. The van der Waals surface area contributed by atoms with Crippen molar-refractivity contribution in [1.29, 1.82) is 0 Å². The van der Waals surface area contributed by atoms with Gasteiger partial charge in [0.25, 0.3) is 5.56 Å². The van der Waals surface area contributed by atoms with Crippen molar-refractivity contribution in [2.75, 3.05) is 6.61 Å². The van der Waals surface area contributed by atoms with E-state index >= 15 is 0 Å². The quantitative estimate of drug-likeness (QED) is 0.0242. The minimum absolute atomic E-state index is 0.0652. The fourth-order valence-electron chi connectivity index (χ4n) is 8.55.